The predicted molar refractivity (Wildman–Crippen MR) is 62.0 cm³/mol. The highest BCUT2D eigenvalue weighted by Crippen LogP contribution is 2.24. The van der Waals surface area contributed by atoms with Crippen molar-refractivity contribution in [3.05, 3.63) is 41.8 Å². The van der Waals surface area contributed by atoms with E-state index in [1.807, 2.05) is 12.1 Å². The summed E-state index contributed by atoms with van der Waals surface area (Å²) in [4.78, 5) is 0. The number of rotatable bonds is 2. The maximum absolute atomic E-state index is 6.08. The first-order chi connectivity index (χ1) is 7.33. The van der Waals surface area contributed by atoms with E-state index in [1.165, 1.54) is 11.1 Å². The van der Waals surface area contributed by atoms with E-state index in [9.17, 15) is 0 Å². The lowest BCUT2D eigenvalue weighted by molar-refractivity contribution is 0.420. The Balaban J connectivity index is 2.26. The van der Waals surface area contributed by atoms with Gasteiger partial charge < -0.3 is 16.8 Å². The van der Waals surface area contributed by atoms with Crippen LogP contribution in [0.1, 0.15) is 23.6 Å². The molecule has 2 rings (SSSR count). The predicted octanol–water partition coefficient (Wildman–Crippen LogP) is 0.711. The molecule has 0 aromatic heterocycles. The van der Waals surface area contributed by atoms with E-state index in [2.05, 4.69) is 23.9 Å². The van der Waals surface area contributed by atoms with Gasteiger partial charge in [-0.25, -0.2) is 0 Å². The molecule has 0 spiro atoms. The molecule has 15 heavy (non-hydrogen) atoms. The fourth-order valence-corrected chi connectivity index (χ4v) is 2.13. The van der Waals surface area contributed by atoms with Gasteiger partial charge in [0.2, 0.25) is 0 Å². The van der Waals surface area contributed by atoms with Crippen LogP contribution in [0.3, 0.4) is 0 Å². The third-order valence-electron chi connectivity index (χ3n) is 2.94. The van der Waals surface area contributed by atoms with Crippen LogP contribution in [0, 0.1) is 6.42 Å². The summed E-state index contributed by atoms with van der Waals surface area (Å²) in [6, 6.07) is 8.54. The summed E-state index contributed by atoms with van der Waals surface area (Å²) in [5, 5.41) is 3.45. The molecule has 0 aliphatic carbocycles. The molecule has 1 radical (unpaired) electrons. The monoisotopic (exact) mass is 204 g/mol. The number of hydrogen-bond acceptors (Lipinski definition) is 3. The third kappa shape index (κ3) is 2.20. The fourth-order valence-electron chi connectivity index (χ4n) is 2.13. The van der Waals surface area contributed by atoms with Crippen LogP contribution >= 0.6 is 0 Å². The molecule has 1 aliphatic rings. The maximum Gasteiger partial charge on any atom is 0.0479 e. The van der Waals surface area contributed by atoms with E-state index in [4.69, 9.17) is 11.5 Å². The summed E-state index contributed by atoms with van der Waals surface area (Å²) in [7, 11) is 0. The SMILES string of the molecule is NCc1ccccc1C1NCC[CH]C1N. The average Bonchev–Trinajstić information content (AvgIpc) is 2.30. The van der Waals surface area contributed by atoms with Crippen molar-refractivity contribution in [2.24, 2.45) is 11.5 Å². The van der Waals surface area contributed by atoms with Gasteiger partial charge in [0, 0.05) is 18.6 Å². The molecule has 1 fully saturated rings. The van der Waals surface area contributed by atoms with Crippen molar-refractivity contribution in [1.29, 1.82) is 0 Å². The van der Waals surface area contributed by atoms with Gasteiger partial charge in [-0.3, -0.25) is 0 Å². The van der Waals surface area contributed by atoms with Crippen LogP contribution in [0.25, 0.3) is 0 Å². The van der Waals surface area contributed by atoms with Crippen molar-refractivity contribution in [2.75, 3.05) is 6.54 Å². The zero-order valence-electron chi connectivity index (χ0n) is 8.82. The van der Waals surface area contributed by atoms with Crippen LogP contribution in [0.5, 0.6) is 0 Å². The molecule has 0 saturated carbocycles. The smallest absolute Gasteiger partial charge is 0.0479 e. The van der Waals surface area contributed by atoms with Crippen molar-refractivity contribution >= 4 is 0 Å². The number of nitrogens with one attached hydrogen (secondary N) is 1. The van der Waals surface area contributed by atoms with Gasteiger partial charge in [0.05, 0.1) is 0 Å². The summed E-state index contributed by atoms with van der Waals surface area (Å²) >= 11 is 0. The van der Waals surface area contributed by atoms with Crippen molar-refractivity contribution in [2.45, 2.75) is 25.0 Å². The first kappa shape index (κ1) is 10.6. The molecule has 0 amide bonds. The molecule has 3 heteroatoms. The molecule has 5 N–H and O–H groups in total. The molecule has 1 saturated heterocycles. The largest absolute Gasteiger partial charge is 0.326 e. The van der Waals surface area contributed by atoms with Crippen molar-refractivity contribution in [3.63, 3.8) is 0 Å². The second-order valence-electron chi connectivity index (χ2n) is 3.94. The Labute approximate surface area is 90.8 Å². The first-order valence-electron chi connectivity index (χ1n) is 5.43. The van der Waals surface area contributed by atoms with Crippen LogP contribution in [0.2, 0.25) is 0 Å². The van der Waals surface area contributed by atoms with Gasteiger partial charge in [0.25, 0.3) is 0 Å². The van der Waals surface area contributed by atoms with Gasteiger partial charge in [-0.1, -0.05) is 24.3 Å². The minimum absolute atomic E-state index is 0.0893. The zero-order valence-corrected chi connectivity index (χ0v) is 8.82. The number of hydrogen-bond donors (Lipinski definition) is 3. The third-order valence-corrected chi connectivity index (χ3v) is 2.94. The molecule has 3 nitrogen and oxygen atoms in total. The molecule has 2 unspecified atom stereocenters. The summed E-state index contributed by atoms with van der Waals surface area (Å²) in [5.41, 5.74) is 14.2. The number of piperidine rings is 1. The summed E-state index contributed by atoms with van der Waals surface area (Å²) in [6.07, 6.45) is 3.22. The van der Waals surface area contributed by atoms with Crippen molar-refractivity contribution in [1.82, 2.24) is 5.32 Å². The first-order valence-corrected chi connectivity index (χ1v) is 5.43. The lowest BCUT2D eigenvalue weighted by Gasteiger charge is -2.31. The second-order valence-corrected chi connectivity index (χ2v) is 3.94. The number of nitrogens with two attached hydrogens (primary N) is 2. The van der Waals surface area contributed by atoms with E-state index < -0.39 is 0 Å². The molecule has 1 aliphatic heterocycles. The molecule has 1 aromatic rings. The van der Waals surface area contributed by atoms with Gasteiger partial charge in [0.15, 0.2) is 0 Å². The van der Waals surface area contributed by atoms with Crippen molar-refractivity contribution in [3.8, 4) is 0 Å². The highest BCUT2D eigenvalue weighted by atomic mass is 15.0. The Kier molecular flexibility index (Phi) is 3.36. The Hall–Kier alpha value is -0.900. The Morgan fingerprint density at radius 2 is 2.13 bits per heavy atom. The minimum atomic E-state index is 0.0893. The average molecular weight is 204 g/mol. The standard InChI is InChI=1S/C12H18N3/c13-8-9-4-1-2-5-10(9)12-11(14)6-3-7-15-12/h1-2,4-6,11-12,15H,3,7-8,13-14H2. The molecule has 81 valence electrons. The van der Waals surface area contributed by atoms with Crippen LogP contribution in [0.4, 0.5) is 0 Å². The van der Waals surface area contributed by atoms with E-state index >= 15 is 0 Å². The molecular formula is C12H18N3. The van der Waals surface area contributed by atoms with Crippen molar-refractivity contribution < 1.29 is 0 Å². The van der Waals surface area contributed by atoms with E-state index in [0.29, 0.717) is 6.54 Å². The zero-order chi connectivity index (χ0) is 10.7. The topological polar surface area (TPSA) is 64.1 Å². The normalized spacial score (nSPS) is 26.5. The van der Waals surface area contributed by atoms with Gasteiger partial charge in [-0.2, -0.15) is 0 Å². The molecule has 0 bridgehead atoms. The highest BCUT2D eigenvalue weighted by Gasteiger charge is 2.24. The number of benzene rings is 1. The van der Waals surface area contributed by atoms with E-state index in [1.54, 1.807) is 0 Å². The minimum Gasteiger partial charge on any atom is -0.326 e. The van der Waals surface area contributed by atoms with Gasteiger partial charge in [-0.05, 0) is 30.5 Å². The summed E-state index contributed by atoms with van der Waals surface area (Å²) < 4.78 is 0. The fraction of sp³-hybridized carbons (Fsp3) is 0.417. The molecular weight excluding hydrogens is 186 g/mol. The molecule has 1 heterocycles. The summed E-state index contributed by atoms with van der Waals surface area (Å²) in [6.45, 7) is 1.57. The van der Waals surface area contributed by atoms with Gasteiger partial charge in [0.1, 0.15) is 0 Å². The van der Waals surface area contributed by atoms with Gasteiger partial charge >= 0.3 is 0 Å². The van der Waals surface area contributed by atoms with Crippen LogP contribution in [-0.2, 0) is 6.54 Å². The quantitative estimate of drug-likeness (QED) is 0.665. The van der Waals surface area contributed by atoms with E-state index in [-0.39, 0.29) is 12.1 Å². The maximum atomic E-state index is 6.08. The van der Waals surface area contributed by atoms with Crippen LogP contribution in [0.15, 0.2) is 24.3 Å². The lowest BCUT2D eigenvalue weighted by Crippen LogP contribution is -2.43. The second kappa shape index (κ2) is 4.75. The van der Waals surface area contributed by atoms with Crippen LogP contribution < -0.4 is 16.8 Å². The van der Waals surface area contributed by atoms with E-state index in [0.717, 1.165) is 13.0 Å². The highest BCUT2D eigenvalue weighted by molar-refractivity contribution is 5.32. The Morgan fingerprint density at radius 3 is 2.87 bits per heavy atom. The molecule has 1 aromatic carbocycles. The Bertz CT molecular complexity index is 324. The Morgan fingerprint density at radius 1 is 1.33 bits per heavy atom. The molecule has 2 atom stereocenters. The van der Waals surface area contributed by atoms with Gasteiger partial charge in [-0.15, -0.1) is 0 Å². The van der Waals surface area contributed by atoms with Crippen LogP contribution in [-0.4, -0.2) is 12.6 Å². The summed E-state index contributed by atoms with van der Waals surface area (Å²) in [5.74, 6) is 0. The lowest BCUT2D eigenvalue weighted by atomic mass is 9.90.